The molecule has 0 heterocycles. The molecule has 0 fully saturated rings. The van der Waals surface area contributed by atoms with Crippen LogP contribution in [-0.4, -0.2) is 6.54 Å². The summed E-state index contributed by atoms with van der Waals surface area (Å²) < 4.78 is 0. The fourth-order valence-corrected chi connectivity index (χ4v) is 3.20. The molecule has 3 aromatic rings. The molecule has 1 N–H and O–H groups in total. The molecule has 0 bridgehead atoms. The van der Waals surface area contributed by atoms with Crippen molar-refractivity contribution >= 4 is 45.6 Å². The minimum Gasteiger partial charge on any atom is -0.313 e. The summed E-state index contributed by atoms with van der Waals surface area (Å²) >= 11 is 6.61. The average molecular weight is 334 g/mol. The predicted octanol–water partition coefficient (Wildman–Crippen LogP) is 5.96. The second-order valence-electron chi connectivity index (χ2n) is 5.41. The summed E-state index contributed by atoms with van der Waals surface area (Å²) in [5.74, 6) is 0. The molecule has 3 heteroatoms. The van der Waals surface area contributed by atoms with E-state index < -0.39 is 0 Å². The van der Waals surface area contributed by atoms with Crippen LogP contribution in [-0.2, 0) is 6.54 Å². The number of halogens is 2. The van der Waals surface area contributed by atoms with Gasteiger partial charge in [-0.05, 0) is 29.3 Å². The summed E-state index contributed by atoms with van der Waals surface area (Å²) in [5, 5.41) is 9.22. The van der Waals surface area contributed by atoms with Crippen LogP contribution in [0.3, 0.4) is 0 Å². The number of hydrogen-bond donors (Lipinski definition) is 1. The highest BCUT2D eigenvalue weighted by Crippen LogP contribution is 2.35. The second kappa shape index (κ2) is 7.82. The van der Waals surface area contributed by atoms with Crippen LogP contribution in [0, 0.1) is 0 Å². The lowest BCUT2D eigenvalue weighted by Gasteiger charge is -2.14. The van der Waals surface area contributed by atoms with Crippen molar-refractivity contribution in [1.82, 2.24) is 5.32 Å². The van der Waals surface area contributed by atoms with Gasteiger partial charge in [0.05, 0.1) is 5.02 Å². The van der Waals surface area contributed by atoms with Crippen molar-refractivity contribution in [3.05, 3.63) is 59.1 Å². The maximum absolute atomic E-state index is 6.61. The summed E-state index contributed by atoms with van der Waals surface area (Å²) in [7, 11) is 0. The number of hydrogen-bond acceptors (Lipinski definition) is 1. The van der Waals surface area contributed by atoms with Crippen molar-refractivity contribution in [3.8, 4) is 0 Å². The van der Waals surface area contributed by atoms with Crippen LogP contribution in [0.4, 0.5) is 0 Å². The van der Waals surface area contributed by atoms with Crippen molar-refractivity contribution in [2.75, 3.05) is 6.54 Å². The van der Waals surface area contributed by atoms with Crippen molar-refractivity contribution in [1.29, 1.82) is 0 Å². The van der Waals surface area contributed by atoms with E-state index in [4.69, 9.17) is 11.6 Å². The lowest BCUT2D eigenvalue weighted by Crippen LogP contribution is -2.15. The standard InChI is InChI=1S/C19H20ClN.ClH/c1-2-3-12-21-13-18-14-8-4-6-10-16(14)19(20)17-11-7-5-9-15(17)18;/h4-11,21H,2-3,12-13H2,1H3;1H. The van der Waals surface area contributed by atoms with Gasteiger partial charge >= 0.3 is 0 Å². The zero-order chi connectivity index (χ0) is 14.7. The Morgan fingerprint density at radius 2 is 1.36 bits per heavy atom. The minimum absolute atomic E-state index is 0. The van der Waals surface area contributed by atoms with Gasteiger partial charge in [-0.15, -0.1) is 12.4 Å². The van der Waals surface area contributed by atoms with E-state index in [0.29, 0.717) is 0 Å². The Labute approximate surface area is 143 Å². The van der Waals surface area contributed by atoms with Crippen LogP contribution in [0.5, 0.6) is 0 Å². The fourth-order valence-electron chi connectivity index (χ4n) is 2.87. The molecular formula is C19H21Cl2N. The molecule has 116 valence electrons. The minimum atomic E-state index is 0. The summed E-state index contributed by atoms with van der Waals surface area (Å²) in [6.45, 7) is 4.16. The number of rotatable bonds is 5. The molecule has 0 unspecified atom stereocenters. The maximum atomic E-state index is 6.61. The Morgan fingerprint density at radius 3 is 1.86 bits per heavy atom. The van der Waals surface area contributed by atoms with E-state index in [1.807, 2.05) is 0 Å². The van der Waals surface area contributed by atoms with Crippen LogP contribution in [0.1, 0.15) is 25.3 Å². The van der Waals surface area contributed by atoms with E-state index in [2.05, 4.69) is 60.8 Å². The second-order valence-corrected chi connectivity index (χ2v) is 5.79. The summed E-state index contributed by atoms with van der Waals surface area (Å²) in [6, 6.07) is 16.8. The van der Waals surface area contributed by atoms with Gasteiger partial charge in [0.15, 0.2) is 0 Å². The molecule has 0 aliphatic heterocycles. The number of benzene rings is 3. The Balaban J connectivity index is 0.00000176. The zero-order valence-corrected chi connectivity index (χ0v) is 14.3. The molecule has 0 radical (unpaired) electrons. The third-order valence-electron chi connectivity index (χ3n) is 3.99. The Kier molecular flexibility index (Phi) is 6.07. The summed E-state index contributed by atoms with van der Waals surface area (Å²) in [5.41, 5.74) is 1.35. The molecular weight excluding hydrogens is 313 g/mol. The van der Waals surface area contributed by atoms with E-state index in [1.165, 1.54) is 29.2 Å². The molecule has 3 rings (SSSR count). The lowest BCUT2D eigenvalue weighted by atomic mass is 9.96. The molecule has 0 saturated heterocycles. The number of unbranched alkanes of at least 4 members (excludes halogenated alkanes) is 1. The molecule has 0 aliphatic carbocycles. The topological polar surface area (TPSA) is 12.0 Å². The van der Waals surface area contributed by atoms with Crippen LogP contribution in [0.25, 0.3) is 21.5 Å². The smallest absolute Gasteiger partial charge is 0.0562 e. The van der Waals surface area contributed by atoms with E-state index >= 15 is 0 Å². The van der Waals surface area contributed by atoms with E-state index in [0.717, 1.165) is 28.9 Å². The third-order valence-corrected chi connectivity index (χ3v) is 4.39. The van der Waals surface area contributed by atoms with Gasteiger partial charge in [0.1, 0.15) is 0 Å². The van der Waals surface area contributed by atoms with Gasteiger partial charge in [-0.25, -0.2) is 0 Å². The first-order valence-corrected chi connectivity index (χ1v) is 7.99. The molecule has 1 nitrogen and oxygen atoms in total. The van der Waals surface area contributed by atoms with E-state index in [1.54, 1.807) is 0 Å². The van der Waals surface area contributed by atoms with Gasteiger partial charge in [-0.2, -0.15) is 0 Å². The molecule has 0 spiro atoms. The molecule has 0 aliphatic rings. The van der Waals surface area contributed by atoms with Crippen molar-refractivity contribution in [2.24, 2.45) is 0 Å². The van der Waals surface area contributed by atoms with Gasteiger partial charge < -0.3 is 5.32 Å². The maximum Gasteiger partial charge on any atom is 0.0562 e. The quantitative estimate of drug-likeness (QED) is 0.448. The zero-order valence-electron chi connectivity index (χ0n) is 12.7. The molecule has 0 aromatic heterocycles. The molecule has 3 aromatic carbocycles. The highest BCUT2D eigenvalue weighted by atomic mass is 35.5. The SMILES string of the molecule is CCCCNCc1c2ccccc2c(Cl)c2ccccc12.Cl. The first-order valence-electron chi connectivity index (χ1n) is 7.61. The molecule has 22 heavy (non-hydrogen) atoms. The first-order chi connectivity index (χ1) is 10.3. The number of nitrogens with one attached hydrogen (secondary N) is 1. The Morgan fingerprint density at radius 1 is 0.864 bits per heavy atom. The normalized spacial score (nSPS) is 10.8. The monoisotopic (exact) mass is 333 g/mol. The third kappa shape index (κ3) is 3.22. The van der Waals surface area contributed by atoms with Crippen LogP contribution in [0.2, 0.25) is 5.02 Å². The predicted molar refractivity (Wildman–Crippen MR) is 100 cm³/mol. The van der Waals surface area contributed by atoms with Crippen LogP contribution >= 0.6 is 24.0 Å². The van der Waals surface area contributed by atoms with Gasteiger partial charge in [-0.1, -0.05) is 73.5 Å². The first kappa shape index (κ1) is 17.1. The van der Waals surface area contributed by atoms with Crippen molar-refractivity contribution in [3.63, 3.8) is 0 Å². The van der Waals surface area contributed by atoms with Crippen molar-refractivity contribution < 1.29 is 0 Å². The van der Waals surface area contributed by atoms with Crippen LogP contribution < -0.4 is 5.32 Å². The Hall–Kier alpha value is -1.28. The Bertz CT molecular complexity index is 711. The van der Waals surface area contributed by atoms with Crippen LogP contribution in [0.15, 0.2) is 48.5 Å². The number of fused-ring (bicyclic) bond motifs is 2. The highest BCUT2D eigenvalue weighted by Gasteiger charge is 2.11. The van der Waals surface area contributed by atoms with E-state index in [9.17, 15) is 0 Å². The molecule has 0 saturated carbocycles. The van der Waals surface area contributed by atoms with Gasteiger partial charge in [-0.3, -0.25) is 0 Å². The fraction of sp³-hybridized carbons (Fsp3) is 0.263. The summed E-state index contributed by atoms with van der Waals surface area (Å²) in [6.07, 6.45) is 2.43. The molecule has 0 amide bonds. The largest absolute Gasteiger partial charge is 0.313 e. The lowest BCUT2D eigenvalue weighted by molar-refractivity contribution is 0.645. The average Bonchev–Trinajstić information content (AvgIpc) is 2.54. The van der Waals surface area contributed by atoms with Gasteiger partial charge in [0.2, 0.25) is 0 Å². The van der Waals surface area contributed by atoms with Crippen molar-refractivity contribution in [2.45, 2.75) is 26.3 Å². The summed E-state index contributed by atoms with van der Waals surface area (Å²) in [4.78, 5) is 0. The van der Waals surface area contributed by atoms with Gasteiger partial charge in [0.25, 0.3) is 0 Å². The molecule has 0 atom stereocenters. The highest BCUT2D eigenvalue weighted by molar-refractivity contribution is 6.41. The van der Waals surface area contributed by atoms with E-state index in [-0.39, 0.29) is 12.4 Å². The van der Waals surface area contributed by atoms with Gasteiger partial charge in [0, 0.05) is 17.3 Å².